The largest absolute Gasteiger partial charge is 0.339 e. The Labute approximate surface area is 100 Å². The molecule has 16 heavy (non-hydrogen) atoms. The minimum atomic E-state index is 0.189. The Bertz CT molecular complexity index is 367. The normalized spacial score (nSPS) is 17.8. The summed E-state index contributed by atoms with van der Waals surface area (Å²) < 4.78 is 0. The van der Waals surface area contributed by atoms with Crippen molar-refractivity contribution < 1.29 is 4.79 Å². The van der Waals surface area contributed by atoms with Crippen LogP contribution in [0.4, 0.5) is 0 Å². The number of hydrogen-bond donors (Lipinski definition) is 1. The van der Waals surface area contributed by atoms with Gasteiger partial charge in [-0.1, -0.05) is 0 Å². The lowest BCUT2D eigenvalue weighted by atomic mass is 9.96. The van der Waals surface area contributed by atoms with Crippen LogP contribution < -0.4 is 5.73 Å². The van der Waals surface area contributed by atoms with Gasteiger partial charge >= 0.3 is 0 Å². The van der Waals surface area contributed by atoms with E-state index in [-0.39, 0.29) is 5.91 Å². The lowest BCUT2D eigenvalue weighted by Gasteiger charge is -2.31. The molecule has 0 spiro atoms. The first-order valence-electron chi connectivity index (χ1n) is 5.74. The van der Waals surface area contributed by atoms with Gasteiger partial charge in [0, 0.05) is 18.5 Å². The quantitative estimate of drug-likeness (QED) is 0.855. The van der Waals surface area contributed by atoms with Gasteiger partial charge < -0.3 is 10.6 Å². The van der Waals surface area contributed by atoms with Crippen molar-refractivity contribution in [1.29, 1.82) is 0 Å². The molecule has 3 nitrogen and oxygen atoms in total. The highest BCUT2D eigenvalue weighted by Gasteiger charge is 2.23. The molecule has 4 heteroatoms. The SMILES string of the molecule is Cc1cscc1C(=O)N1CCC(CN)CC1. The molecule has 0 unspecified atom stereocenters. The van der Waals surface area contributed by atoms with E-state index in [0.29, 0.717) is 5.92 Å². The fraction of sp³-hybridized carbons (Fsp3) is 0.583. The zero-order valence-electron chi connectivity index (χ0n) is 9.61. The Morgan fingerprint density at radius 1 is 1.50 bits per heavy atom. The maximum absolute atomic E-state index is 12.2. The molecule has 1 aromatic rings. The Hall–Kier alpha value is -0.870. The predicted octanol–water partition coefficient (Wildman–Crippen LogP) is 1.87. The summed E-state index contributed by atoms with van der Waals surface area (Å²) in [4.78, 5) is 14.1. The number of hydrogen-bond acceptors (Lipinski definition) is 3. The van der Waals surface area contributed by atoms with Crippen LogP contribution in [0.1, 0.15) is 28.8 Å². The monoisotopic (exact) mass is 238 g/mol. The topological polar surface area (TPSA) is 46.3 Å². The van der Waals surface area contributed by atoms with Crippen molar-refractivity contribution in [3.8, 4) is 0 Å². The maximum atomic E-state index is 12.2. The van der Waals surface area contributed by atoms with Gasteiger partial charge in [0.2, 0.25) is 0 Å². The van der Waals surface area contributed by atoms with E-state index in [4.69, 9.17) is 5.73 Å². The number of aryl methyl sites for hydroxylation is 1. The van der Waals surface area contributed by atoms with E-state index in [0.717, 1.165) is 43.6 Å². The fourth-order valence-electron chi connectivity index (χ4n) is 2.12. The van der Waals surface area contributed by atoms with E-state index in [1.54, 1.807) is 11.3 Å². The summed E-state index contributed by atoms with van der Waals surface area (Å²) in [5.74, 6) is 0.793. The number of carbonyl (C=O) groups excluding carboxylic acids is 1. The second kappa shape index (κ2) is 4.97. The first-order valence-corrected chi connectivity index (χ1v) is 6.68. The van der Waals surface area contributed by atoms with Gasteiger partial charge in [-0.3, -0.25) is 4.79 Å². The van der Waals surface area contributed by atoms with Gasteiger partial charge in [0.25, 0.3) is 5.91 Å². The second-order valence-corrected chi connectivity index (χ2v) is 5.18. The summed E-state index contributed by atoms with van der Waals surface area (Å²) in [7, 11) is 0. The van der Waals surface area contributed by atoms with Crippen LogP contribution >= 0.6 is 11.3 Å². The van der Waals surface area contributed by atoms with Gasteiger partial charge in [-0.25, -0.2) is 0 Å². The fourth-order valence-corrected chi connectivity index (χ4v) is 2.94. The molecule has 2 rings (SSSR count). The van der Waals surface area contributed by atoms with Crippen molar-refractivity contribution in [3.63, 3.8) is 0 Å². The molecule has 1 aliphatic rings. The van der Waals surface area contributed by atoms with E-state index in [9.17, 15) is 4.79 Å². The maximum Gasteiger partial charge on any atom is 0.254 e. The third-order valence-corrected chi connectivity index (χ3v) is 4.18. The molecule has 1 aliphatic heterocycles. The van der Waals surface area contributed by atoms with Crippen molar-refractivity contribution in [2.45, 2.75) is 19.8 Å². The number of piperidine rings is 1. The third kappa shape index (κ3) is 2.28. The highest BCUT2D eigenvalue weighted by Crippen LogP contribution is 2.21. The molecule has 2 N–H and O–H groups in total. The molecule has 1 aromatic heterocycles. The number of nitrogens with zero attached hydrogens (tertiary/aromatic N) is 1. The van der Waals surface area contributed by atoms with E-state index < -0.39 is 0 Å². The zero-order chi connectivity index (χ0) is 11.5. The Morgan fingerprint density at radius 2 is 2.19 bits per heavy atom. The van der Waals surface area contributed by atoms with Gasteiger partial charge in [-0.05, 0) is 43.2 Å². The first kappa shape index (κ1) is 11.6. The number of thiophene rings is 1. The molecule has 0 saturated carbocycles. The van der Waals surface area contributed by atoms with Crippen LogP contribution in [0.25, 0.3) is 0 Å². The molecule has 1 amide bonds. The summed E-state index contributed by atoms with van der Waals surface area (Å²) >= 11 is 1.60. The van der Waals surface area contributed by atoms with Crippen molar-refractivity contribution in [3.05, 3.63) is 21.9 Å². The minimum absolute atomic E-state index is 0.189. The number of amides is 1. The molecule has 0 radical (unpaired) electrons. The number of rotatable bonds is 2. The third-order valence-electron chi connectivity index (χ3n) is 3.32. The van der Waals surface area contributed by atoms with Gasteiger partial charge in [-0.2, -0.15) is 11.3 Å². The Kier molecular flexibility index (Phi) is 3.61. The van der Waals surface area contributed by atoms with Crippen LogP contribution in [0, 0.1) is 12.8 Å². The zero-order valence-corrected chi connectivity index (χ0v) is 10.4. The van der Waals surface area contributed by atoms with Crippen LogP contribution in [0.2, 0.25) is 0 Å². The second-order valence-electron chi connectivity index (χ2n) is 4.44. The van der Waals surface area contributed by atoms with Gasteiger partial charge in [0.05, 0.1) is 5.56 Å². The van der Waals surface area contributed by atoms with E-state index in [1.807, 2.05) is 22.6 Å². The lowest BCUT2D eigenvalue weighted by Crippen LogP contribution is -2.40. The van der Waals surface area contributed by atoms with E-state index >= 15 is 0 Å². The Morgan fingerprint density at radius 3 is 2.69 bits per heavy atom. The molecule has 0 atom stereocenters. The Balaban J connectivity index is 2.00. The van der Waals surface area contributed by atoms with Crippen LogP contribution in [0.15, 0.2) is 10.8 Å². The highest BCUT2D eigenvalue weighted by atomic mass is 32.1. The van der Waals surface area contributed by atoms with Gasteiger partial charge in [0.1, 0.15) is 0 Å². The van der Waals surface area contributed by atoms with Crippen molar-refractivity contribution in [1.82, 2.24) is 4.90 Å². The summed E-state index contributed by atoms with van der Waals surface area (Å²) in [5.41, 5.74) is 7.61. The summed E-state index contributed by atoms with van der Waals surface area (Å²) in [6.45, 7) is 4.46. The minimum Gasteiger partial charge on any atom is -0.339 e. The lowest BCUT2D eigenvalue weighted by molar-refractivity contribution is 0.0693. The average Bonchev–Trinajstić information content (AvgIpc) is 2.75. The first-order chi connectivity index (χ1) is 7.72. The summed E-state index contributed by atoms with van der Waals surface area (Å²) in [5, 5.41) is 3.98. The van der Waals surface area contributed by atoms with Crippen LogP contribution in [0.5, 0.6) is 0 Å². The van der Waals surface area contributed by atoms with E-state index in [1.165, 1.54) is 0 Å². The van der Waals surface area contributed by atoms with Crippen LogP contribution in [-0.4, -0.2) is 30.4 Å². The predicted molar refractivity (Wildman–Crippen MR) is 66.7 cm³/mol. The number of nitrogens with two attached hydrogens (primary N) is 1. The molecule has 0 bridgehead atoms. The van der Waals surface area contributed by atoms with Crippen molar-refractivity contribution >= 4 is 17.2 Å². The standard InChI is InChI=1S/C12H18N2OS/c1-9-7-16-8-11(9)12(15)14-4-2-10(6-13)3-5-14/h7-8,10H,2-6,13H2,1H3. The highest BCUT2D eigenvalue weighted by molar-refractivity contribution is 7.08. The average molecular weight is 238 g/mol. The number of likely N-dealkylation sites (tertiary alicyclic amines) is 1. The summed E-state index contributed by atoms with van der Waals surface area (Å²) in [6, 6.07) is 0. The van der Waals surface area contributed by atoms with Crippen molar-refractivity contribution in [2.24, 2.45) is 11.7 Å². The van der Waals surface area contributed by atoms with Crippen LogP contribution in [0.3, 0.4) is 0 Å². The van der Waals surface area contributed by atoms with E-state index in [2.05, 4.69) is 0 Å². The van der Waals surface area contributed by atoms with Crippen LogP contribution in [-0.2, 0) is 0 Å². The molecule has 1 fully saturated rings. The van der Waals surface area contributed by atoms with Gasteiger partial charge in [0.15, 0.2) is 0 Å². The molecule has 88 valence electrons. The summed E-state index contributed by atoms with van der Waals surface area (Å²) in [6.07, 6.45) is 2.09. The number of carbonyl (C=O) groups is 1. The molecule has 0 aromatic carbocycles. The van der Waals surface area contributed by atoms with Gasteiger partial charge in [-0.15, -0.1) is 0 Å². The molecule has 2 heterocycles. The smallest absolute Gasteiger partial charge is 0.254 e. The molecule has 0 aliphatic carbocycles. The molecule has 1 saturated heterocycles. The molecular formula is C12H18N2OS. The van der Waals surface area contributed by atoms with Crippen molar-refractivity contribution in [2.75, 3.05) is 19.6 Å². The molecular weight excluding hydrogens is 220 g/mol.